The lowest BCUT2D eigenvalue weighted by molar-refractivity contribution is 0.512. The molecular weight excluding hydrogens is 144 g/mol. The molecule has 0 heteroatoms. The van der Waals surface area contributed by atoms with Crippen molar-refractivity contribution >= 4 is 0 Å². The fourth-order valence-corrected chi connectivity index (χ4v) is 1.14. The van der Waals surface area contributed by atoms with Crippen LogP contribution in [0.25, 0.3) is 0 Å². The lowest BCUT2D eigenvalue weighted by atomic mass is 10.0. The van der Waals surface area contributed by atoms with Crippen LogP contribution in [0.3, 0.4) is 0 Å². The predicted octanol–water partition coefficient (Wildman–Crippen LogP) is 4.32. The third-order valence-electron chi connectivity index (χ3n) is 2.01. The molecule has 0 aromatic rings. The summed E-state index contributed by atoms with van der Waals surface area (Å²) in [7, 11) is 0. The summed E-state index contributed by atoms with van der Waals surface area (Å²) in [5, 5.41) is 0. The first-order valence-corrected chi connectivity index (χ1v) is 5.20. The molecule has 1 unspecified atom stereocenters. The van der Waals surface area contributed by atoms with Crippen molar-refractivity contribution in [2.24, 2.45) is 5.92 Å². The van der Waals surface area contributed by atoms with Crippen LogP contribution in [0.5, 0.6) is 0 Å². The van der Waals surface area contributed by atoms with Gasteiger partial charge in [-0.25, -0.2) is 0 Å². The van der Waals surface area contributed by atoms with Gasteiger partial charge in [0.2, 0.25) is 0 Å². The highest BCUT2D eigenvalue weighted by atomic mass is 14.0. The average Bonchev–Trinajstić information content (AvgIpc) is 2.09. The van der Waals surface area contributed by atoms with Gasteiger partial charge < -0.3 is 0 Å². The second-order valence-corrected chi connectivity index (χ2v) is 3.47. The van der Waals surface area contributed by atoms with E-state index in [2.05, 4.69) is 38.7 Å². The number of allylic oxidation sites excluding steroid dienone is 1. The molecule has 0 N–H and O–H groups in total. The van der Waals surface area contributed by atoms with Crippen molar-refractivity contribution in [3.63, 3.8) is 0 Å². The molecular formula is C12H22. The van der Waals surface area contributed by atoms with Crippen molar-refractivity contribution in [2.75, 3.05) is 0 Å². The Hall–Kier alpha value is -0.480. The number of rotatable bonds is 6. The summed E-state index contributed by atoms with van der Waals surface area (Å²) in [6, 6.07) is 0. The maximum atomic E-state index is 3.19. The maximum Gasteiger partial charge on any atom is -0.0249 e. The Bertz CT molecular complexity index is 138. The first-order chi connectivity index (χ1) is 5.81. The molecule has 0 bridgehead atoms. The zero-order valence-corrected chi connectivity index (χ0v) is 8.77. The molecule has 0 heterocycles. The minimum atomic E-state index is 0.836. The van der Waals surface area contributed by atoms with E-state index in [1.54, 1.807) is 0 Å². The van der Waals surface area contributed by atoms with Gasteiger partial charge in [-0.05, 0) is 30.9 Å². The largest absolute Gasteiger partial charge is 0.130 e. The molecule has 0 aliphatic heterocycles. The van der Waals surface area contributed by atoms with Crippen molar-refractivity contribution < 1.29 is 0 Å². The Morgan fingerprint density at radius 1 is 1.25 bits per heavy atom. The molecule has 70 valence electrons. The van der Waals surface area contributed by atoms with E-state index in [1.165, 1.54) is 25.7 Å². The Balaban J connectivity index is 3.42. The summed E-state index contributed by atoms with van der Waals surface area (Å²) in [4.78, 5) is 0. The Kier molecular flexibility index (Phi) is 8.27. The minimum Gasteiger partial charge on any atom is -0.130 e. The smallest absolute Gasteiger partial charge is 0.0249 e. The Morgan fingerprint density at radius 3 is 2.58 bits per heavy atom. The average molecular weight is 166 g/mol. The zero-order chi connectivity index (χ0) is 9.23. The van der Waals surface area contributed by atoms with Gasteiger partial charge in [-0.1, -0.05) is 40.0 Å². The molecule has 0 spiro atoms. The van der Waals surface area contributed by atoms with Gasteiger partial charge in [0.25, 0.3) is 0 Å². The molecule has 0 saturated heterocycles. The number of hydrogen-bond donors (Lipinski definition) is 0. The molecule has 0 aliphatic rings. The number of unbranched alkanes of at least 4 members (excludes halogenated alkanes) is 1. The van der Waals surface area contributed by atoms with Crippen molar-refractivity contribution in [3.8, 4) is 0 Å². The van der Waals surface area contributed by atoms with E-state index in [4.69, 9.17) is 0 Å². The summed E-state index contributed by atoms with van der Waals surface area (Å²) < 4.78 is 0. The lowest BCUT2D eigenvalue weighted by Crippen LogP contribution is -1.91. The van der Waals surface area contributed by atoms with Gasteiger partial charge >= 0.3 is 0 Å². The van der Waals surface area contributed by atoms with E-state index in [0.29, 0.717) is 0 Å². The second kappa shape index (κ2) is 8.62. The van der Waals surface area contributed by atoms with Gasteiger partial charge in [0.15, 0.2) is 0 Å². The van der Waals surface area contributed by atoms with E-state index in [9.17, 15) is 0 Å². The summed E-state index contributed by atoms with van der Waals surface area (Å²) in [6.45, 7) is 6.71. The van der Waals surface area contributed by atoms with Crippen LogP contribution in [0.4, 0.5) is 0 Å². The standard InChI is InChI=1S/C12H22/c1-4-6-8-9-11-12(3)10-7-5-2/h6,9,12H,4-5,7,10-11H2,1-3H3. The van der Waals surface area contributed by atoms with Crippen LogP contribution in [0.1, 0.15) is 52.9 Å². The predicted molar refractivity (Wildman–Crippen MR) is 56.3 cm³/mol. The van der Waals surface area contributed by atoms with E-state index >= 15 is 0 Å². The van der Waals surface area contributed by atoms with Crippen LogP contribution in [-0.2, 0) is 0 Å². The van der Waals surface area contributed by atoms with Crippen molar-refractivity contribution in [1.29, 1.82) is 0 Å². The van der Waals surface area contributed by atoms with Crippen LogP contribution in [-0.4, -0.2) is 0 Å². The van der Waals surface area contributed by atoms with E-state index in [-0.39, 0.29) is 0 Å². The van der Waals surface area contributed by atoms with Crippen molar-refractivity contribution in [2.45, 2.75) is 52.9 Å². The van der Waals surface area contributed by atoms with E-state index in [0.717, 1.165) is 12.3 Å². The van der Waals surface area contributed by atoms with E-state index < -0.39 is 0 Å². The van der Waals surface area contributed by atoms with E-state index in [1.807, 2.05) is 0 Å². The highest BCUT2D eigenvalue weighted by molar-refractivity contribution is 4.84. The van der Waals surface area contributed by atoms with Gasteiger partial charge in [-0.2, -0.15) is 0 Å². The van der Waals surface area contributed by atoms with Crippen LogP contribution < -0.4 is 0 Å². The maximum absolute atomic E-state index is 3.19. The molecule has 0 amide bonds. The fraction of sp³-hybridized carbons (Fsp3) is 0.750. The molecule has 0 saturated carbocycles. The summed E-state index contributed by atoms with van der Waals surface area (Å²) in [5.41, 5.74) is 3.19. The second-order valence-electron chi connectivity index (χ2n) is 3.47. The van der Waals surface area contributed by atoms with Gasteiger partial charge in [0.05, 0.1) is 0 Å². The molecule has 12 heavy (non-hydrogen) atoms. The topological polar surface area (TPSA) is 0 Å². The molecule has 0 rings (SSSR count). The molecule has 0 radical (unpaired) electrons. The van der Waals surface area contributed by atoms with Crippen molar-refractivity contribution in [3.05, 3.63) is 17.9 Å². The molecule has 0 aliphatic carbocycles. The monoisotopic (exact) mass is 166 g/mol. The first-order valence-electron chi connectivity index (χ1n) is 5.20. The first kappa shape index (κ1) is 11.5. The van der Waals surface area contributed by atoms with Gasteiger partial charge in [0, 0.05) is 0 Å². The quantitative estimate of drug-likeness (QED) is 0.515. The molecule has 0 aromatic carbocycles. The molecule has 0 nitrogen and oxygen atoms in total. The summed E-state index contributed by atoms with van der Waals surface area (Å²) in [6.07, 6.45) is 10.6. The number of hydrogen-bond acceptors (Lipinski definition) is 0. The third-order valence-corrected chi connectivity index (χ3v) is 2.01. The Morgan fingerprint density at radius 2 is 2.00 bits per heavy atom. The van der Waals surface area contributed by atoms with Crippen LogP contribution in [0.15, 0.2) is 17.9 Å². The minimum absolute atomic E-state index is 0.836. The van der Waals surface area contributed by atoms with Gasteiger partial charge in [0.1, 0.15) is 0 Å². The Labute approximate surface area is 77.4 Å². The van der Waals surface area contributed by atoms with Crippen LogP contribution >= 0.6 is 0 Å². The summed E-state index contributed by atoms with van der Waals surface area (Å²) in [5.74, 6) is 0.836. The highest BCUT2D eigenvalue weighted by Crippen LogP contribution is 2.11. The van der Waals surface area contributed by atoms with Gasteiger partial charge in [-0.15, -0.1) is 5.73 Å². The zero-order valence-electron chi connectivity index (χ0n) is 8.77. The normalized spacial score (nSPS) is 11.9. The lowest BCUT2D eigenvalue weighted by Gasteiger charge is -2.05. The molecule has 1 atom stereocenters. The van der Waals surface area contributed by atoms with Crippen molar-refractivity contribution in [1.82, 2.24) is 0 Å². The van der Waals surface area contributed by atoms with Crippen LogP contribution in [0, 0.1) is 5.92 Å². The summed E-state index contributed by atoms with van der Waals surface area (Å²) >= 11 is 0. The molecule has 0 aromatic heterocycles. The van der Waals surface area contributed by atoms with Crippen LogP contribution in [0.2, 0.25) is 0 Å². The fourth-order valence-electron chi connectivity index (χ4n) is 1.14. The third kappa shape index (κ3) is 7.63. The SMILES string of the molecule is CCC=C=CCC(C)CCCC. The highest BCUT2D eigenvalue weighted by Gasteiger charge is 1.96. The molecule has 0 fully saturated rings. The van der Waals surface area contributed by atoms with Gasteiger partial charge in [-0.3, -0.25) is 0 Å².